The van der Waals surface area contributed by atoms with Crippen LogP contribution in [0.25, 0.3) is 0 Å². The van der Waals surface area contributed by atoms with Crippen molar-refractivity contribution in [3.63, 3.8) is 0 Å². The fraction of sp³-hybridized carbons (Fsp3) is 0.761. The molecular formula is C46H81N11O16. The van der Waals surface area contributed by atoms with Gasteiger partial charge in [-0.05, 0) is 90.0 Å². The van der Waals surface area contributed by atoms with Gasteiger partial charge in [-0.15, -0.1) is 0 Å². The van der Waals surface area contributed by atoms with Gasteiger partial charge in [0, 0.05) is 13.0 Å². The number of hydrogen-bond acceptors (Lipinski definition) is 16. The average Bonchev–Trinajstić information content (AvgIpc) is 3.80. The number of unbranched alkanes of at least 4 members (excludes halogenated alkanes) is 1. The van der Waals surface area contributed by atoms with E-state index < -0.39 is 169 Å². The van der Waals surface area contributed by atoms with E-state index in [1.807, 2.05) is 13.8 Å². The molecule has 0 saturated carbocycles. The Kier molecular flexibility index (Phi) is 28.1. The van der Waals surface area contributed by atoms with Crippen LogP contribution in [0.3, 0.4) is 0 Å². The van der Waals surface area contributed by atoms with Crippen molar-refractivity contribution in [1.29, 1.82) is 0 Å². The van der Waals surface area contributed by atoms with Gasteiger partial charge in [0.2, 0.25) is 53.2 Å². The molecule has 1 rings (SSSR count). The van der Waals surface area contributed by atoms with Crippen LogP contribution in [0.15, 0.2) is 0 Å². The van der Waals surface area contributed by atoms with Crippen molar-refractivity contribution in [3.05, 3.63) is 0 Å². The van der Waals surface area contributed by atoms with Crippen molar-refractivity contribution in [2.75, 3.05) is 19.7 Å². The molecule has 1 saturated heterocycles. The van der Waals surface area contributed by atoms with Gasteiger partial charge in [-0.3, -0.25) is 47.9 Å². The molecule has 416 valence electrons. The predicted octanol–water partition coefficient (Wildman–Crippen LogP) is -4.61. The third-order valence-electron chi connectivity index (χ3n) is 11.9. The number of aliphatic hydroxyl groups is 3. The van der Waals surface area contributed by atoms with Gasteiger partial charge < -0.3 is 84.4 Å². The summed E-state index contributed by atoms with van der Waals surface area (Å²) in [5.74, 6) is -12.2. The molecule has 1 aliphatic heterocycles. The maximum Gasteiger partial charge on any atom is 0.328 e. The average molecular weight is 1040 g/mol. The van der Waals surface area contributed by atoms with Gasteiger partial charge in [0.1, 0.15) is 48.3 Å². The van der Waals surface area contributed by atoms with Gasteiger partial charge in [0.05, 0.1) is 24.9 Å². The summed E-state index contributed by atoms with van der Waals surface area (Å²) in [6.07, 6.45) is -2.68. The summed E-state index contributed by atoms with van der Waals surface area (Å²) in [4.78, 5) is 146. The van der Waals surface area contributed by atoms with Gasteiger partial charge in [-0.1, -0.05) is 41.5 Å². The molecule has 0 bridgehead atoms. The SMILES string of the molecule is CC(C)C[C@H](N)C(=O)N[C@H](C(=O)N1CCC[C@H]1C(=O)N[C@H](C(=O)N[C@@H](CCC(=O)O)C(=O)N[C@@H](CCCCN)C(=O)N[C@@H](CO)C(=O)N[C@@H](C)C(=O)N[C@H](C(=O)N[C@H](C(=O)O)[C@@H](C)O)C(C)C)C(C)C)[C@@H](C)O. The third kappa shape index (κ3) is 21.5. The molecule has 0 aromatic rings. The quantitative estimate of drug-likeness (QED) is 0.0282. The van der Waals surface area contributed by atoms with Gasteiger partial charge >= 0.3 is 11.9 Å². The van der Waals surface area contributed by atoms with Gasteiger partial charge in [-0.2, -0.15) is 0 Å². The number of nitrogens with one attached hydrogen (secondary N) is 8. The second-order valence-corrected chi connectivity index (χ2v) is 19.5. The highest BCUT2D eigenvalue weighted by Crippen LogP contribution is 2.21. The van der Waals surface area contributed by atoms with Crippen LogP contribution >= 0.6 is 0 Å². The Morgan fingerprint density at radius 2 is 1.05 bits per heavy atom. The van der Waals surface area contributed by atoms with Crippen LogP contribution in [0.1, 0.15) is 114 Å². The maximum atomic E-state index is 13.9. The number of carboxylic acids is 2. The van der Waals surface area contributed by atoms with E-state index >= 15 is 0 Å². The second kappa shape index (κ2) is 31.5. The number of carbonyl (C=O) groups is 11. The molecule has 1 fully saturated rings. The standard InChI is InChI=1S/C46H81N11O16/c1-21(2)19-27(48)38(64)55-35(25(8)59)45(71)57-18-12-14-31(57)42(68)54-33(22(3)4)43(69)51-29(15-16-32(61)62)40(66)50-28(13-10-11-17-47)39(65)52-30(20-58)41(67)49-24(7)37(63)53-34(23(5)6)44(70)56-36(26(9)60)46(72)73/h21-31,33-36,58-60H,10-20,47-48H2,1-9H3,(H,49,67)(H,50,66)(H,51,69)(H,52,65)(H,53,63)(H,54,68)(H,55,64)(H,56,70)(H,61,62)(H,72,73)/t24-,25+,26+,27-,28-,29-,30-,31-,33-,34-,35-,36-/m0/s1. The number of likely N-dealkylation sites (tertiary alicyclic amines) is 1. The van der Waals surface area contributed by atoms with Crippen LogP contribution in [0, 0.1) is 17.8 Å². The summed E-state index contributed by atoms with van der Waals surface area (Å²) in [7, 11) is 0. The fourth-order valence-corrected chi connectivity index (χ4v) is 7.65. The first-order valence-corrected chi connectivity index (χ1v) is 24.6. The molecule has 17 N–H and O–H groups in total. The number of amides is 9. The summed E-state index contributed by atoms with van der Waals surface area (Å²) in [5.41, 5.74) is 11.7. The highest BCUT2D eigenvalue weighted by molar-refractivity contribution is 5.99. The molecule has 1 aliphatic rings. The third-order valence-corrected chi connectivity index (χ3v) is 11.9. The topological polar surface area (TPSA) is 440 Å². The maximum absolute atomic E-state index is 13.9. The van der Waals surface area contributed by atoms with Crippen LogP contribution in [0.2, 0.25) is 0 Å². The zero-order valence-corrected chi connectivity index (χ0v) is 43.3. The number of carboxylic acid groups (broad SMARTS) is 2. The first-order chi connectivity index (χ1) is 34.0. The van der Waals surface area contributed by atoms with Gasteiger partial charge in [0.15, 0.2) is 6.04 Å². The van der Waals surface area contributed by atoms with Gasteiger partial charge in [-0.25, -0.2) is 4.79 Å². The Morgan fingerprint density at radius 3 is 1.55 bits per heavy atom. The minimum Gasteiger partial charge on any atom is -0.481 e. The largest absolute Gasteiger partial charge is 0.481 e. The number of carbonyl (C=O) groups excluding carboxylic acids is 9. The molecule has 12 atom stereocenters. The number of nitrogens with two attached hydrogens (primary N) is 2. The summed E-state index contributed by atoms with van der Waals surface area (Å²) in [6.45, 7) is 12.9. The Morgan fingerprint density at radius 1 is 0.575 bits per heavy atom. The van der Waals surface area contributed by atoms with Crippen LogP contribution in [-0.2, 0) is 52.7 Å². The van der Waals surface area contributed by atoms with E-state index in [4.69, 9.17) is 11.5 Å². The number of nitrogens with zero attached hydrogens (tertiary/aromatic N) is 1. The normalized spacial score (nSPS) is 18.0. The lowest BCUT2D eigenvalue weighted by molar-refractivity contribution is -0.145. The van der Waals surface area contributed by atoms with Crippen LogP contribution < -0.4 is 54.0 Å². The van der Waals surface area contributed by atoms with E-state index in [-0.39, 0.29) is 38.3 Å². The van der Waals surface area contributed by atoms with E-state index in [0.29, 0.717) is 19.3 Å². The van der Waals surface area contributed by atoms with E-state index in [0.717, 1.165) is 6.92 Å². The van der Waals surface area contributed by atoms with Crippen LogP contribution in [0.5, 0.6) is 0 Å². The Hall–Kier alpha value is -6.03. The van der Waals surface area contributed by atoms with E-state index in [9.17, 15) is 78.3 Å². The van der Waals surface area contributed by atoms with Crippen molar-refractivity contribution in [2.45, 2.75) is 186 Å². The highest BCUT2D eigenvalue weighted by atomic mass is 16.4. The molecule has 27 nitrogen and oxygen atoms in total. The summed E-state index contributed by atoms with van der Waals surface area (Å²) in [6, 6.07) is -14.2. The number of aliphatic hydroxyl groups excluding tert-OH is 3. The van der Waals surface area contributed by atoms with E-state index in [1.165, 1.54) is 18.7 Å². The number of rotatable bonds is 32. The minimum atomic E-state index is -1.73. The first kappa shape index (κ1) is 65.0. The van der Waals surface area contributed by atoms with Gasteiger partial charge in [0.25, 0.3) is 0 Å². The Bertz CT molecular complexity index is 1920. The molecule has 0 unspecified atom stereocenters. The zero-order chi connectivity index (χ0) is 56.0. The molecule has 0 spiro atoms. The summed E-state index contributed by atoms with van der Waals surface area (Å²) >= 11 is 0. The highest BCUT2D eigenvalue weighted by Gasteiger charge is 2.42. The van der Waals surface area contributed by atoms with Crippen molar-refractivity contribution in [3.8, 4) is 0 Å². The van der Waals surface area contributed by atoms with Crippen molar-refractivity contribution >= 4 is 65.1 Å². The summed E-state index contributed by atoms with van der Waals surface area (Å²) < 4.78 is 0. The zero-order valence-electron chi connectivity index (χ0n) is 43.3. The smallest absolute Gasteiger partial charge is 0.328 e. The predicted molar refractivity (Wildman–Crippen MR) is 261 cm³/mol. The summed E-state index contributed by atoms with van der Waals surface area (Å²) in [5, 5.41) is 68.5. The van der Waals surface area contributed by atoms with E-state index in [2.05, 4.69) is 42.5 Å². The lowest BCUT2D eigenvalue weighted by Crippen LogP contribution is -2.61. The lowest BCUT2D eigenvalue weighted by Gasteiger charge is -2.32. The molecule has 0 radical (unpaired) electrons. The second-order valence-electron chi connectivity index (χ2n) is 19.5. The first-order valence-electron chi connectivity index (χ1n) is 24.6. The molecule has 1 heterocycles. The monoisotopic (exact) mass is 1040 g/mol. The number of hydrogen-bond donors (Lipinski definition) is 15. The number of aliphatic carboxylic acids is 2. The molecule has 0 aromatic heterocycles. The van der Waals surface area contributed by atoms with Crippen molar-refractivity contribution in [1.82, 2.24) is 47.4 Å². The Labute approximate surface area is 425 Å². The molecule has 73 heavy (non-hydrogen) atoms. The lowest BCUT2D eigenvalue weighted by atomic mass is 10.0. The molecule has 0 aromatic carbocycles. The fourth-order valence-electron chi connectivity index (χ4n) is 7.65. The van der Waals surface area contributed by atoms with Crippen molar-refractivity contribution in [2.24, 2.45) is 29.2 Å². The molecule has 9 amide bonds. The van der Waals surface area contributed by atoms with Crippen LogP contribution in [0.4, 0.5) is 0 Å². The molecule has 0 aliphatic carbocycles. The van der Waals surface area contributed by atoms with Crippen molar-refractivity contribution < 1.29 is 78.3 Å². The van der Waals surface area contributed by atoms with E-state index in [1.54, 1.807) is 27.7 Å². The minimum absolute atomic E-state index is 0.0588. The molecular weight excluding hydrogens is 963 g/mol. The Balaban J connectivity index is 3.28. The van der Waals surface area contributed by atoms with Crippen LogP contribution in [-0.4, -0.2) is 188 Å². The molecule has 27 heteroatoms.